The van der Waals surface area contributed by atoms with Gasteiger partial charge in [-0.15, -0.1) is 22.9 Å². The highest BCUT2D eigenvalue weighted by Gasteiger charge is 2.26. The first-order valence-corrected chi connectivity index (χ1v) is 9.28. The third-order valence-electron chi connectivity index (χ3n) is 2.39. The van der Waals surface area contributed by atoms with Crippen LogP contribution in [0.15, 0.2) is 10.3 Å². The summed E-state index contributed by atoms with van der Waals surface area (Å²) in [5, 5.41) is 1.84. The lowest BCUT2D eigenvalue weighted by atomic mass is 10.3. The smallest absolute Gasteiger partial charge is 0.207 e. The van der Waals surface area contributed by atoms with Crippen LogP contribution in [0.4, 0.5) is 0 Å². The molecule has 0 spiro atoms. The molecule has 0 amide bonds. The van der Waals surface area contributed by atoms with E-state index in [4.69, 9.17) is 11.6 Å². The molecule has 0 saturated carbocycles. The number of hydrogen-bond acceptors (Lipinski definition) is 4. The molecule has 0 aromatic carbocycles. The maximum Gasteiger partial charge on any atom is 0.244 e. The summed E-state index contributed by atoms with van der Waals surface area (Å²) in [6, 6.07) is 0. The Morgan fingerprint density at radius 2 is 2.18 bits per heavy atom. The Morgan fingerprint density at radius 1 is 1.53 bits per heavy atom. The van der Waals surface area contributed by atoms with Crippen LogP contribution >= 0.6 is 34.7 Å². The van der Waals surface area contributed by atoms with Crippen LogP contribution in [0.1, 0.15) is 10.4 Å². The van der Waals surface area contributed by atoms with E-state index >= 15 is 0 Å². The molecular formula is C10H16ClNO2S3. The van der Waals surface area contributed by atoms with E-state index in [1.165, 1.54) is 15.6 Å². The van der Waals surface area contributed by atoms with Gasteiger partial charge in [-0.05, 0) is 24.1 Å². The van der Waals surface area contributed by atoms with Gasteiger partial charge in [0, 0.05) is 24.2 Å². The van der Waals surface area contributed by atoms with Gasteiger partial charge in [0.05, 0.1) is 5.88 Å². The highest BCUT2D eigenvalue weighted by molar-refractivity contribution is 7.98. The average molecular weight is 314 g/mol. The zero-order valence-corrected chi connectivity index (χ0v) is 13.3. The molecule has 0 atom stereocenters. The molecule has 0 aliphatic carbocycles. The Hall–Kier alpha value is 0.250. The van der Waals surface area contributed by atoms with Crippen LogP contribution in [0.2, 0.25) is 0 Å². The van der Waals surface area contributed by atoms with Crippen LogP contribution in [-0.2, 0) is 15.9 Å². The number of sulfonamides is 1. The molecule has 7 heteroatoms. The van der Waals surface area contributed by atoms with Gasteiger partial charge in [0.1, 0.15) is 4.90 Å². The molecule has 0 N–H and O–H groups in total. The number of thioether (sulfide) groups is 1. The van der Waals surface area contributed by atoms with Crippen molar-refractivity contribution in [3.05, 3.63) is 15.8 Å². The first-order valence-electron chi connectivity index (χ1n) is 5.03. The molecule has 0 saturated heterocycles. The second-order valence-electron chi connectivity index (χ2n) is 3.62. The van der Waals surface area contributed by atoms with Crippen molar-refractivity contribution < 1.29 is 8.42 Å². The van der Waals surface area contributed by atoms with Gasteiger partial charge < -0.3 is 0 Å². The molecule has 0 bridgehead atoms. The summed E-state index contributed by atoms with van der Waals surface area (Å²) in [5.41, 5.74) is 0.779. The summed E-state index contributed by atoms with van der Waals surface area (Å²) in [4.78, 5) is 1.11. The molecular weight excluding hydrogens is 298 g/mol. The molecule has 1 rings (SSSR count). The van der Waals surface area contributed by atoms with Gasteiger partial charge in [-0.3, -0.25) is 0 Å². The van der Waals surface area contributed by atoms with Gasteiger partial charge in [0.2, 0.25) is 10.0 Å². The number of aryl methyl sites for hydroxylation is 1. The molecule has 98 valence electrons. The van der Waals surface area contributed by atoms with E-state index in [1.807, 2.05) is 18.6 Å². The number of halogens is 1. The Balaban J connectivity index is 3.08. The molecule has 3 nitrogen and oxygen atoms in total. The summed E-state index contributed by atoms with van der Waals surface area (Å²) >= 11 is 8.81. The number of nitrogens with zero attached hydrogens (tertiary/aromatic N) is 1. The minimum atomic E-state index is -3.40. The Labute approximate surface area is 116 Å². The predicted octanol–water partition coefficient (Wildman–Crippen LogP) is 2.78. The normalized spacial score (nSPS) is 12.3. The van der Waals surface area contributed by atoms with E-state index in [9.17, 15) is 8.42 Å². The van der Waals surface area contributed by atoms with Crippen molar-refractivity contribution in [2.24, 2.45) is 0 Å². The van der Waals surface area contributed by atoms with E-state index in [2.05, 4.69) is 0 Å². The van der Waals surface area contributed by atoms with Crippen molar-refractivity contribution in [3.8, 4) is 0 Å². The first kappa shape index (κ1) is 15.3. The summed E-state index contributed by atoms with van der Waals surface area (Å²) in [7, 11) is -1.78. The molecule has 0 aliphatic rings. The van der Waals surface area contributed by atoms with Crippen molar-refractivity contribution in [1.29, 1.82) is 0 Å². The molecule has 17 heavy (non-hydrogen) atoms. The van der Waals surface area contributed by atoms with Crippen molar-refractivity contribution in [3.63, 3.8) is 0 Å². The minimum absolute atomic E-state index is 0.240. The lowest BCUT2D eigenvalue weighted by Gasteiger charge is -2.17. The van der Waals surface area contributed by atoms with Gasteiger partial charge >= 0.3 is 0 Å². The number of thiophene rings is 1. The average Bonchev–Trinajstić information content (AvgIpc) is 2.67. The number of rotatable bonds is 6. The van der Waals surface area contributed by atoms with Crippen LogP contribution in [0.3, 0.4) is 0 Å². The third-order valence-corrected chi connectivity index (χ3v) is 6.73. The van der Waals surface area contributed by atoms with Crippen molar-refractivity contribution in [2.45, 2.75) is 17.7 Å². The SMILES string of the molecule is CSCCN(C)S(=O)(=O)c1c(C)csc1CCl. The van der Waals surface area contributed by atoms with Gasteiger partial charge in [-0.1, -0.05) is 0 Å². The predicted molar refractivity (Wildman–Crippen MR) is 76.8 cm³/mol. The quantitative estimate of drug-likeness (QED) is 0.758. The van der Waals surface area contributed by atoms with E-state index in [-0.39, 0.29) is 5.88 Å². The first-order chi connectivity index (χ1) is 7.95. The molecule has 1 aromatic rings. The highest BCUT2D eigenvalue weighted by atomic mass is 35.5. The maximum absolute atomic E-state index is 12.4. The fourth-order valence-electron chi connectivity index (χ4n) is 1.42. The van der Waals surface area contributed by atoms with Gasteiger partial charge in [0.25, 0.3) is 0 Å². The summed E-state index contributed by atoms with van der Waals surface area (Å²) in [6.45, 7) is 2.32. The minimum Gasteiger partial charge on any atom is -0.207 e. The molecule has 1 heterocycles. The lowest BCUT2D eigenvalue weighted by Crippen LogP contribution is -2.29. The fraction of sp³-hybridized carbons (Fsp3) is 0.600. The van der Waals surface area contributed by atoms with Gasteiger partial charge in [0.15, 0.2) is 0 Å². The Kier molecular flexibility index (Phi) is 5.79. The van der Waals surface area contributed by atoms with Crippen molar-refractivity contribution in [1.82, 2.24) is 4.31 Å². The Morgan fingerprint density at radius 3 is 2.71 bits per heavy atom. The summed E-state index contributed by atoms with van der Waals surface area (Å²) < 4.78 is 26.1. The van der Waals surface area contributed by atoms with Crippen LogP contribution in [0, 0.1) is 6.92 Å². The second-order valence-corrected chi connectivity index (χ2v) is 7.82. The molecule has 0 fully saturated rings. The molecule has 0 radical (unpaired) electrons. The van der Waals surface area contributed by atoms with E-state index in [1.54, 1.807) is 18.8 Å². The van der Waals surface area contributed by atoms with Crippen molar-refractivity contribution >= 4 is 44.7 Å². The van der Waals surface area contributed by atoms with E-state index < -0.39 is 10.0 Å². The zero-order chi connectivity index (χ0) is 13.1. The van der Waals surface area contributed by atoms with Crippen LogP contribution in [0.25, 0.3) is 0 Å². The monoisotopic (exact) mass is 313 g/mol. The Bertz CT molecular complexity index is 470. The van der Waals surface area contributed by atoms with Crippen LogP contribution < -0.4 is 0 Å². The second kappa shape index (κ2) is 6.43. The lowest BCUT2D eigenvalue weighted by molar-refractivity contribution is 0.488. The van der Waals surface area contributed by atoms with E-state index in [0.29, 0.717) is 11.4 Å². The maximum atomic E-state index is 12.4. The standard InChI is InChI=1S/C10H16ClNO2S3/c1-8-7-16-9(6-11)10(8)17(13,14)12(2)4-5-15-3/h7H,4-6H2,1-3H3. The molecule has 0 aliphatic heterocycles. The largest absolute Gasteiger partial charge is 0.244 e. The number of hydrogen-bond donors (Lipinski definition) is 0. The van der Waals surface area contributed by atoms with Gasteiger partial charge in [-0.25, -0.2) is 12.7 Å². The topological polar surface area (TPSA) is 37.4 Å². The molecule has 0 unspecified atom stereocenters. The van der Waals surface area contributed by atoms with Crippen LogP contribution in [0.5, 0.6) is 0 Å². The van der Waals surface area contributed by atoms with Crippen LogP contribution in [-0.4, -0.2) is 38.3 Å². The van der Waals surface area contributed by atoms with Gasteiger partial charge in [-0.2, -0.15) is 11.8 Å². The third kappa shape index (κ3) is 3.38. The zero-order valence-electron chi connectivity index (χ0n) is 10.1. The van der Waals surface area contributed by atoms with Crippen molar-refractivity contribution in [2.75, 3.05) is 25.6 Å². The highest BCUT2D eigenvalue weighted by Crippen LogP contribution is 2.30. The summed E-state index contributed by atoms with van der Waals surface area (Å²) in [6.07, 6.45) is 1.96. The molecule has 1 aromatic heterocycles. The summed E-state index contributed by atoms with van der Waals surface area (Å²) in [5.74, 6) is 1.03. The number of alkyl halides is 1. The fourth-order valence-corrected chi connectivity index (χ4v) is 5.17. The van der Waals surface area contributed by atoms with E-state index in [0.717, 1.165) is 16.2 Å².